The minimum absolute atomic E-state index is 0.190. The van der Waals surface area contributed by atoms with Crippen LogP contribution in [0.2, 0.25) is 0 Å². The molecule has 0 amide bonds. The van der Waals surface area contributed by atoms with Gasteiger partial charge in [0, 0.05) is 16.9 Å². The number of para-hydroxylation sites is 1. The molecule has 2 rings (SSSR count). The van der Waals surface area contributed by atoms with Gasteiger partial charge < -0.3 is 14.6 Å². The van der Waals surface area contributed by atoms with Crippen molar-refractivity contribution in [2.75, 3.05) is 13.7 Å². The molecule has 0 spiro atoms. The van der Waals surface area contributed by atoms with Crippen molar-refractivity contribution in [3.05, 3.63) is 50.2 Å². The molecule has 1 aromatic heterocycles. The Morgan fingerprint density at radius 1 is 1.31 bits per heavy atom. The van der Waals surface area contributed by atoms with Gasteiger partial charge in [-0.15, -0.1) is 11.3 Å². The summed E-state index contributed by atoms with van der Waals surface area (Å²) in [5.74, 6) is -1.07. The molecule has 1 heterocycles. The van der Waals surface area contributed by atoms with E-state index in [4.69, 9.17) is 9.47 Å². The largest absolute Gasteiger partial charge is 0.504 e. The molecule has 0 aliphatic heterocycles. The van der Waals surface area contributed by atoms with Gasteiger partial charge in [-0.05, 0) is 31.6 Å². The number of carbonyl (C=O) groups is 2. The lowest BCUT2D eigenvalue weighted by Gasteiger charge is -2.06. The number of methoxy groups -OCH3 is 1. The number of hydrogen-bond acceptors (Lipinski definition) is 8. The van der Waals surface area contributed by atoms with Crippen molar-refractivity contribution in [1.29, 1.82) is 10.5 Å². The van der Waals surface area contributed by atoms with Crippen molar-refractivity contribution in [3.8, 4) is 23.6 Å². The number of aromatic hydroxyl groups is 1. The molecular formula is C21H18N2O5S. The third-order valence-electron chi connectivity index (χ3n) is 4.08. The van der Waals surface area contributed by atoms with Crippen LogP contribution < -0.4 is 4.74 Å². The maximum atomic E-state index is 12.7. The van der Waals surface area contributed by atoms with Gasteiger partial charge in [-0.3, -0.25) is 4.79 Å². The van der Waals surface area contributed by atoms with Crippen LogP contribution in [0, 0.1) is 29.6 Å². The Bertz CT molecular complexity index is 1070. The van der Waals surface area contributed by atoms with Gasteiger partial charge in [-0.1, -0.05) is 12.1 Å². The quantitative estimate of drug-likeness (QED) is 0.421. The van der Waals surface area contributed by atoms with Gasteiger partial charge in [-0.2, -0.15) is 10.5 Å². The van der Waals surface area contributed by atoms with Crippen molar-refractivity contribution in [2.45, 2.75) is 20.3 Å². The second-order valence-electron chi connectivity index (χ2n) is 5.85. The van der Waals surface area contributed by atoms with Gasteiger partial charge in [0.2, 0.25) is 0 Å². The van der Waals surface area contributed by atoms with Gasteiger partial charge in [-0.25, -0.2) is 4.79 Å². The lowest BCUT2D eigenvalue weighted by atomic mass is 10.0. The van der Waals surface area contributed by atoms with E-state index >= 15 is 0 Å². The second-order valence-corrected chi connectivity index (χ2v) is 6.96. The van der Waals surface area contributed by atoms with E-state index in [1.165, 1.54) is 19.3 Å². The van der Waals surface area contributed by atoms with Gasteiger partial charge in [0.05, 0.1) is 24.9 Å². The fourth-order valence-electron chi connectivity index (χ4n) is 2.63. The Kier molecular flexibility index (Phi) is 7.13. The van der Waals surface area contributed by atoms with Crippen LogP contribution in [0.25, 0.3) is 6.08 Å². The molecule has 7 nitrogen and oxygen atoms in total. The van der Waals surface area contributed by atoms with Crippen molar-refractivity contribution < 1.29 is 24.2 Å². The maximum Gasteiger partial charge on any atom is 0.348 e. The summed E-state index contributed by atoms with van der Waals surface area (Å²) in [6.07, 6.45) is 1.04. The molecular weight excluding hydrogens is 392 g/mol. The number of rotatable bonds is 7. The predicted octanol–water partition coefficient (Wildman–Crippen LogP) is 3.54. The predicted molar refractivity (Wildman–Crippen MR) is 107 cm³/mol. The zero-order chi connectivity index (χ0) is 21.6. The molecule has 29 heavy (non-hydrogen) atoms. The van der Waals surface area contributed by atoms with Crippen LogP contribution in [0.3, 0.4) is 0 Å². The monoisotopic (exact) mass is 410 g/mol. The van der Waals surface area contributed by atoms with E-state index in [1.807, 2.05) is 12.1 Å². The molecule has 0 saturated carbocycles. The van der Waals surface area contributed by atoms with Crippen molar-refractivity contribution >= 4 is 29.2 Å². The summed E-state index contributed by atoms with van der Waals surface area (Å²) in [6, 6.07) is 8.54. The van der Waals surface area contributed by atoms with Gasteiger partial charge in [0.25, 0.3) is 0 Å². The molecule has 0 saturated heterocycles. The average Bonchev–Trinajstić information content (AvgIpc) is 3.02. The standard InChI is InChI=1S/C21H18N2O5S/c1-4-28-21(26)20-12(2)15(11-23)18(29-20)9-16(24)14(10-22)8-13-6-5-7-17(27-3)19(13)25/h5-8,25H,4,9H2,1-3H3/b14-8+. The van der Waals surface area contributed by atoms with E-state index in [9.17, 15) is 25.2 Å². The van der Waals surface area contributed by atoms with Gasteiger partial charge in [0.1, 0.15) is 17.0 Å². The number of esters is 1. The smallest absolute Gasteiger partial charge is 0.348 e. The zero-order valence-electron chi connectivity index (χ0n) is 16.1. The van der Waals surface area contributed by atoms with E-state index in [0.717, 1.165) is 11.3 Å². The lowest BCUT2D eigenvalue weighted by molar-refractivity contribution is -0.114. The number of benzene rings is 1. The van der Waals surface area contributed by atoms with Crippen LogP contribution in [-0.2, 0) is 16.0 Å². The van der Waals surface area contributed by atoms with E-state index in [-0.39, 0.29) is 46.1 Å². The third kappa shape index (κ3) is 4.63. The Balaban J connectivity index is 2.38. The molecule has 0 unspecified atom stereocenters. The number of ketones is 1. The zero-order valence-corrected chi connectivity index (χ0v) is 16.9. The summed E-state index contributed by atoms with van der Waals surface area (Å²) in [5, 5.41) is 29.0. The Hall–Kier alpha value is -3.62. The SMILES string of the molecule is CCOC(=O)c1sc(CC(=O)/C(C#N)=C/c2cccc(OC)c2O)c(C#N)c1C. The molecule has 1 aromatic carbocycles. The van der Waals surface area contributed by atoms with Crippen LogP contribution in [0.4, 0.5) is 0 Å². The molecule has 0 aliphatic carbocycles. The number of nitriles is 2. The number of phenolic OH excluding ortho intramolecular Hbond substituents is 1. The Morgan fingerprint density at radius 3 is 2.62 bits per heavy atom. The number of hydrogen-bond donors (Lipinski definition) is 1. The summed E-state index contributed by atoms with van der Waals surface area (Å²) in [6.45, 7) is 3.48. The van der Waals surface area contributed by atoms with Crippen molar-refractivity contribution in [3.63, 3.8) is 0 Å². The first-order chi connectivity index (χ1) is 13.9. The first-order valence-corrected chi connectivity index (χ1v) is 9.39. The van der Waals surface area contributed by atoms with Crippen LogP contribution in [0.1, 0.15) is 38.2 Å². The molecule has 0 atom stereocenters. The molecule has 2 aromatic rings. The molecule has 1 N–H and O–H groups in total. The number of nitrogens with zero attached hydrogens (tertiary/aromatic N) is 2. The van der Waals surface area contributed by atoms with Crippen molar-refractivity contribution in [1.82, 2.24) is 0 Å². The first-order valence-electron chi connectivity index (χ1n) is 8.58. The fourth-order valence-corrected chi connectivity index (χ4v) is 3.78. The number of carbonyl (C=O) groups excluding carboxylic acids is 2. The highest BCUT2D eigenvalue weighted by Crippen LogP contribution is 2.32. The molecule has 0 fully saturated rings. The van der Waals surface area contributed by atoms with Crippen LogP contribution in [-0.4, -0.2) is 30.6 Å². The topological polar surface area (TPSA) is 120 Å². The van der Waals surface area contributed by atoms with Crippen LogP contribution >= 0.6 is 11.3 Å². The number of thiophene rings is 1. The summed E-state index contributed by atoms with van der Waals surface area (Å²) >= 11 is 1.01. The third-order valence-corrected chi connectivity index (χ3v) is 5.36. The minimum Gasteiger partial charge on any atom is -0.504 e. The first kappa shape index (κ1) is 21.7. The Labute approximate surface area is 172 Å². The fraction of sp³-hybridized carbons (Fsp3) is 0.238. The average molecular weight is 410 g/mol. The molecule has 148 valence electrons. The second kappa shape index (κ2) is 9.54. The molecule has 0 bridgehead atoms. The van der Waals surface area contributed by atoms with Crippen molar-refractivity contribution in [2.24, 2.45) is 0 Å². The van der Waals surface area contributed by atoms with E-state index in [0.29, 0.717) is 10.4 Å². The molecule has 0 radical (unpaired) electrons. The lowest BCUT2D eigenvalue weighted by Crippen LogP contribution is -2.05. The maximum absolute atomic E-state index is 12.7. The minimum atomic E-state index is -0.553. The van der Waals surface area contributed by atoms with E-state index < -0.39 is 11.8 Å². The summed E-state index contributed by atoms with van der Waals surface area (Å²) < 4.78 is 10.0. The molecule has 0 aliphatic rings. The van der Waals surface area contributed by atoms with Gasteiger partial charge >= 0.3 is 5.97 Å². The number of allylic oxidation sites excluding steroid dienone is 1. The normalized spacial score (nSPS) is 10.7. The highest BCUT2D eigenvalue weighted by molar-refractivity contribution is 7.14. The number of ether oxygens (including phenoxy) is 2. The highest BCUT2D eigenvalue weighted by atomic mass is 32.1. The Morgan fingerprint density at radius 2 is 2.03 bits per heavy atom. The van der Waals surface area contributed by atoms with E-state index in [1.54, 1.807) is 26.0 Å². The number of phenols is 1. The van der Waals surface area contributed by atoms with Crippen LogP contribution in [0.15, 0.2) is 23.8 Å². The number of Topliss-reactive ketones (excluding diaryl/α,β-unsaturated/α-hetero) is 1. The van der Waals surface area contributed by atoms with Gasteiger partial charge in [0.15, 0.2) is 17.3 Å². The summed E-state index contributed by atoms with van der Waals surface area (Å²) in [7, 11) is 1.39. The summed E-state index contributed by atoms with van der Waals surface area (Å²) in [4.78, 5) is 25.4. The highest BCUT2D eigenvalue weighted by Gasteiger charge is 2.23. The van der Waals surface area contributed by atoms with Crippen LogP contribution in [0.5, 0.6) is 11.5 Å². The summed E-state index contributed by atoms with van der Waals surface area (Å²) in [5.41, 5.74) is 0.741. The van der Waals surface area contributed by atoms with E-state index in [2.05, 4.69) is 0 Å². The molecule has 8 heteroatoms.